The van der Waals surface area contributed by atoms with Crippen molar-refractivity contribution >= 4 is 38.5 Å². The Morgan fingerprint density at radius 2 is 1.22 bits per heavy atom. The fourth-order valence-corrected chi connectivity index (χ4v) is 9.62. The van der Waals surface area contributed by atoms with E-state index in [0.29, 0.717) is 19.1 Å². The normalized spacial score (nSPS) is 45.8. The lowest BCUT2D eigenvalue weighted by atomic mass is 9.79. The van der Waals surface area contributed by atoms with Crippen molar-refractivity contribution in [2.24, 2.45) is 41.4 Å². The van der Waals surface area contributed by atoms with Crippen LogP contribution in [0.25, 0.3) is 0 Å². The molecule has 12 nitrogen and oxygen atoms in total. The monoisotopic (exact) mass is 890 g/mol. The van der Waals surface area contributed by atoms with E-state index in [2.05, 4.69) is 67.0 Å². The van der Waals surface area contributed by atoms with Crippen molar-refractivity contribution in [3.63, 3.8) is 0 Å². The van der Waals surface area contributed by atoms with Gasteiger partial charge in [0.05, 0.1) is 43.7 Å². The first-order chi connectivity index (χ1) is 25.6. The minimum atomic E-state index is -1.13. The van der Waals surface area contributed by atoms with E-state index in [1.807, 2.05) is 52.8 Å². The van der Waals surface area contributed by atoms with Gasteiger partial charge in [-0.15, -0.1) is 0 Å². The second-order valence-corrected chi connectivity index (χ2v) is 18.7. The average molecular weight is 891 g/mol. The third-order valence-electron chi connectivity index (χ3n) is 12.9. The zero-order valence-corrected chi connectivity index (χ0v) is 37.4. The molecule has 0 amide bonds. The lowest BCUT2D eigenvalue weighted by Gasteiger charge is -2.51. The molecule has 0 aliphatic carbocycles. The number of aliphatic hydroxyl groups excluding tert-OH is 1. The first kappa shape index (κ1) is 44.7. The maximum Gasteiger partial charge on any atom is 0.527 e. The second kappa shape index (κ2) is 20.0. The Kier molecular flexibility index (Phi) is 16.5. The number of hydrogen-bond acceptors (Lipinski definition) is 12. The highest BCUT2D eigenvalue weighted by Gasteiger charge is 2.53. The summed E-state index contributed by atoms with van der Waals surface area (Å²) in [6, 6.07) is 10.1. The smallest absolute Gasteiger partial charge is 0.470 e. The molecule has 0 radical (unpaired) electrons. The van der Waals surface area contributed by atoms with Crippen molar-refractivity contribution in [3.05, 3.63) is 35.9 Å². The van der Waals surface area contributed by atoms with Crippen LogP contribution in [0.1, 0.15) is 81.7 Å². The van der Waals surface area contributed by atoms with Gasteiger partial charge in [-0.05, 0) is 50.0 Å². The van der Waals surface area contributed by atoms with Crippen LogP contribution in [0.4, 0.5) is 0 Å². The van der Waals surface area contributed by atoms with Gasteiger partial charge in [-0.25, -0.2) is 0 Å². The molecule has 5 rings (SSSR count). The number of carbonyl (C=O) groups is 1. The third kappa shape index (κ3) is 10.4. The summed E-state index contributed by atoms with van der Waals surface area (Å²) in [5.74, 6) is -0.0809. The average Bonchev–Trinajstić information content (AvgIpc) is 3.14. The van der Waals surface area contributed by atoms with Crippen molar-refractivity contribution in [1.29, 1.82) is 0 Å². The summed E-state index contributed by atoms with van der Waals surface area (Å²) in [4.78, 5) is 12.3. The van der Waals surface area contributed by atoms with Crippen molar-refractivity contribution < 1.29 is 56.3 Å². The van der Waals surface area contributed by atoms with Crippen molar-refractivity contribution in [3.8, 4) is 0 Å². The van der Waals surface area contributed by atoms with Gasteiger partial charge in [-0.3, -0.25) is 4.79 Å². The molecular formula is C40H64AlIO12. The number of ether oxygens (including phenoxy) is 9. The number of halogens is 1. The van der Waals surface area contributed by atoms with Crippen molar-refractivity contribution in [2.45, 2.75) is 163 Å². The van der Waals surface area contributed by atoms with E-state index < -0.39 is 73.9 Å². The van der Waals surface area contributed by atoms with Crippen LogP contribution in [0.3, 0.4) is 0 Å². The summed E-state index contributed by atoms with van der Waals surface area (Å²) in [6.07, 6.45) is -7.81. The van der Waals surface area contributed by atoms with E-state index in [1.54, 1.807) is 0 Å². The van der Waals surface area contributed by atoms with Crippen LogP contribution in [0, 0.1) is 41.4 Å². The quantitative estimate of drug-likeness (QED) is 0.147. The van der Waals surface area contributed by atoms with Gasteiger partial charge in [0, 0.05) is 24.7 Å². The van der Waals surface area contributed by atoms with Crippen LogP contribution in [0.5, 0.6) is 0 Å². The van der Waals surface area contributed by atoms with E-state index in [-0.39, 0.29) is 59.9 Å². The van der Waals surface area contributed by atoms with E-state index >= 15 is 0 Å². The van der Waals surface area contributed by atoms with Crippen molar-refractivity contribution in [1.82, 2.24) is 0 Å². The van der Waals surface area contributed by atoms with E-state index in [9.17, 15) is 9.90 Å². The Morgan fingerprint density at radius 1 is 0.648 bits per heavy atom. The Morgan fingerprint density at radius 3 is 1.87 bits per heavy atom. The summed E-state index contributed by atoms with van der Waals surface area (Å²) in [6.45, 7) is 23.1. The molecule has 8 unspecified atom stereocenters. The van der Waals surface area contributed by atoms with Gasteiger partial charge in [0.2, 0.25) is 0 Å². The molecule has 0 saturated carbocycles. The molecule has 4 heterocycles. The number of rotatable bonds is 13. The molecule has 1 aromatic carbocycles. The Labute approximate surface area is 339 Å². The molecule has 4 fully saturated rings. The molecule has 20 atom stereocenters. The molecule has 4 aliphatic heterocycles. The Bertz CT molecular complexity index is 1310. The summed E-state index contributed by atoms with van der Waals surface area (Å²) in [5.41, 5.74) is 1.11. The van der Waals surface area contributed by atoms with Gasteiger partial charge < -0.3 is 51.5 Å². The van der Waals surface area contributed by atoms with Crippen LogP contribution in [0.2, 0.25) is 0 Å². The minimum Gasteiger partial charge on any atom is -0.470 e. The van der Waals surface area contributed by atoms with Crippen LogP contribution in [0.15, 0.2) is 30.3 Å². The predicted octanol–water partition coefficient (Wildman–Crippen LogP) is 5.78. The highest BCUT2D eigenvalue weighted by Crippen LogP contribution is 2.42. The molecule has 4 saturated heterocycles. The number of hydrogen-bond donors (Lipinski definition) is 1. The van der Waals surface area contributed by atoms with Gasteiger partial charge in [0.25, 0.3) is 0 Å². The van der Waals surface area contributed by atoms with Gasteiger partial charge in [-0.2, -0.15) is 20.3 Å². The molecule has 4 aliphatic rings. The summed E-state index contributed by atoms with van der Waals surface area (Å²) in [5, 5.41) is 12.0. The van der Waals surface area contributed by atoms with Gasteiger partial charge in [-0.1, -0.05) is 78.8 Å². The minimum absolute atomic E-state index is 0.0437. The molecule has 54 heavy (non-hydrogen) atoms. The molecule has 0 bridgehead atoms. The molecule has 1 aromatic rings. The number of aliphatic hydroxyl groups is 1. The largest absolute Gasteiger partial charge is 0.527 e. The maximum atomic E-state index is 12.3. The molecule has 0 aromatic heterocycles. The predicted molar refractivity (Wildman–Crippen MR) is 210 cm³/mol. The lowest BCUT2D eigenvalue weighted by molar-refractivity contribution is -0.376. The molecule has 306 valence electrons. The lowest BCUT2D eigenvalue weighted by Crippen LogP contribution is -2.62. The standard InChI is InChI=1S/C40H63O12.Al.HI.H/c1-19-21(3)31(18-44-17-30-15-13-12-14-16-30)49-38(23(19)5)50-33-24(6)28(10)46-39(32(33)42)52-35-22(4)20(2)26(8)47-40(35)51-34-25(7)27(9)45-37(43)36(34)48-29(11)41;;;/h12-16,19-28,31-40,42H,17-18H2,1-11H3;;1H;/q-1;+2;;/p-1/t19?,20-,21+,22+,23?,24+,25+,26?,27?,28?,31+,32?,33+,34+,35?,36?,37-,38-,39+,40+;;;/m1.../s1. The number of carbonyl (C=O) groups excluding carboxylic acids is 1. The zero-order valence-electron chi connectivity index (χ0n) is 33.9. The van der Waals surface area contributed by atoms with Crippen LogP contribution in [-0.2, 0) is 57.8 Å². The molecule has 14 heteroatoms. The van der Waals surface area contributed by atoms with Crippen LogP contribution < -0.4 is 0 Å². The topological polar surface area (TPSA) is 130 Å². The highest BCUT2D eigenvalue weighted by atomic mass is 127. The maximum absolute atomic E-state index is 12.3. The Hall–Kier alpha value is -0.448. The van der Waals surface area contributed by atoms with E-state index in [0.717, 1.165) is 5.56 Å². The van der Waals surface area contributed by atoms with Crippen molar-refractivity contribution in [2.75, 3.05) is 6.61 Å². The van der Waals surface area contributed by atoms with Gasteiger partial charge in [0.1, 0.15) is 18.3 Å². The first-order valence-electron chi connectivity index (χ1n) is 19.9. The SMILES string of the molecule is CC(=O)OC1[C@H]([O][AlH][I])OC(C)[C@H](C)[C@@H]1O[C@@H]1OC(C)[C@H](C)[C@H](C)C1O[C@@H]1OC(C)[C@H](C)[C@H](O[C@H]2O[C@@H](COCc3ccccc3)[C@@H](C)C(C)C2C)C1O. The van der Waals surface area contributed by atoms with Crippen LogP contribution in [-0.4, -0.2) is 110 Å². The fourth-order valence-electron chi connectivity index (χ4n) is 8.16. The zero-order chi connectivity index (χ0) is 39.4. The third-order valence-corrected chi connectivity index (χ3v) is 14.4. The summed E-state index contributed by atoms with van der Waals surface area (Å²) >= 11 is 1.31. The van der Waals surface area contributed by atoms with Gasteiger partial charge >= 0.3 is 18.2 Å². The summed E-state index contributed by atoms with van der Waals surface area (Å²) in [7, 11) is 0. The fraction of sp³-hybridized carbons (Fsp3) is 0.825. The first-order valence-corrected chi connectivity index (χ1v) is 25.5. The number of esters is 1. The van der Waals surface area contributed by atoms with Gasteiger partial charge in [0.15, 0.2) is 31.3 Å². The summed E-state index contributed by atoms with van der Waals surface area (Å²) < 4.78 is 64.0. The highest BCUT2D eigenvalue weighted by molar-refractivity contribution is 14.1. The molecule has 0 spiro atoms. The van der Waals surface area contributed by atoms with Crippen LogP contribution >= 0.6 is 20.3 Å². The van der Waals surface area contributed by atoms with E-state index in [4.69, 9.17) is 46.4 Å². The second-order valence-electron chi connectivity index (χ2n) is 16.3. The van der Waals surface area contributed by atoms with E-state index in [1.165, 1.54) is 6.92 Å². The Balaban J connectivity index is 1.32. The molecule has 1 N–H and O–H groups in total. The molecular weight excluding hydrogens is 826 g/mol. The number of benzene rings is 1.